The number of β-amino-alcohol motifs (C(OH)–C–C–N with tert-alkyl or cyclic N) is 1. The summed E-state index contributed by atoms with van der Waals surface area (Å²) >= 11 is 0. The molecule has 0 bridgehead atoms. The number of aliphatic hydroxyl groups is 1. The maximum atomic E-state index is 10.6. The van der Waals surface area contributed by atoms with Gasteiger partial charge in [-0.25, -0.2) is 0 Å². The van der Waals surface area contributed by atoms with Crippen molar-refractivity contribution < 1.29 is 14.6 Å². The van der Waals surface area contributed by atoms with Crippen LogP contribution in [0.5, 0.6) is 0 Å². The van der Waals surface area contributed by atoms with E-state index in [9.17, 15) is 9.90 Å². The molecule has 1 saturated heterocycles. The largest absolute Gasteiger partial charge is 0.381 e. The van der Waals surface area contributed by atoms with Gasteiger partial charge in [0.2, 0.25) is 0 Å². The van der Waals surface area contributed by atoms with Crippen LogP contribution in [0.15, 0.2) is 0 Å². The molecule has 3 atom stereocenters. The zero-order valence-corrected chi connectivity index (χ0v) is 9.77. The highest BCUT2D eigenvalue weighted by Gasteiger charge is 2.30. The van der Waals surface area contributed by atoms with Crippen molar-refractivity contribution in [3.05, 3.63) is 0 Å². The first kappa shape index (κ1) is 12.6. The third-order valence-corrected chi connectivity index (χ3v) is 3.08. The van der Waals surface area contributed by atoms with E-state index in [-0.39, 0.29) is 0 Å². The molecule has 1 N–H and O–H groups in total. The predicted octanol–water partition coefficient (Wildman–Crippen LogP) is 0.436. The molecule has 0 aromatic rings. The van der Waals surface area contributed by atoms with Crippen LogP contribution >= 0.6 is 0 Å². The molecular formula is C11H21NO3. The summed E-state index contributed by atoms with van der Waals surface area (Å²) in [6.07, 6.45) is 2.86. The van der Waals surface area contributed by atoms with E-state index in [0.29, 0.717) is 25.0 Å². The lowest BCUT2D eigenvalue weighted by Crippen LogP contribution is -2.50. The number of rotatable bonds is 4. The molecular weight excluding hydrogens is 194 g/mol. The highest BCUT2D eigenvalue weighted by Crippen LogP contribution is 2.20. The summed E-state index contributed by atoms with van der Waals surface area (Å²) in [5.74, 6) is 0. The Bertz CT molecular complexity index is 218. The van der Waals surface area contributed by atoms with E-state index in [1.54, 1.807) is 14.0 Å². The fourth-order valence-electron chi connectivity index (χ4n) is 2.07. The maximum Gasteiger partial charge on any atom is 0.152 e. The topological polar surface area (TPSA) is 49.8 Å². The number of carbonyl (C=O) groups is 1. The molecule has 0 aromatic heterocycles. The van der Waals surface area contributed by atoms with Crippen LogP contribution in [0.4, 0.5) is 0 Å². The van der Waals surface area contributed by atoms with Crippen LogP contribution < -0.4 is 0 Å². The molecule has 1 aliphatic rings. The Morgan fingerprint density at radius 2 is 2.33 bits per heavy atom. The average molecular weight is 215 g/mol. The van der Waals surface area contributed by atoms with Crippen LogP contribution in [0.3, 0.4) is 0 Å². The minimum Gasteiger partial charge on any atom is -0.381 e. The summed E-state index contributed by atoms with van der Waals surface area (Å²) < 4.78 is 5.31. The second kappa shape index (κ2) is 5.05. The first-order valence-electron chi connectivity index (χ1n) is 5.44. The molecule has 0 saturated carbocycles. The number of methoxy groups -OCH3 is 1. The second-order valence-corrected chi connectivity index (χ2v) is 4.68. The Balaban J connectivity index is 2.48. The number of hydrogen-bond donors (Lipinski definition) is 1. The summed E-state index contributed by atoms with van der Waals surface area (Å²) in [6, 6.07) is 0.357. The molecule has 1 aliphatic heterocycles. The maximum absolute atomic E-state index is 10.6. The van der Waals surface area contributed by atoms with Gasteiger partial charge in [-0.3, -0.25) is 4.90 Å². The third kappa shape index (κ3) is 3.55. The zero-order chi connectivity index (χ0) is 11.5. The van der Waals surface area contributed by atoms with Crippen molar-refractivity contribution in [1.82, 2.24) is 4.90 Å². The molecule has 4 heteroatoms. The zero-order valence-electron chi connectivity index (χ0n) is 9.77. The van der Waals surface area contributed by atoms with Gasteiger partial charge >= 0.3 is 0 Å². The minimum absolute atomic E-state index is 0.317. The fourth-order valence-corrected chi connectivity index (χ4v) is 2.07. The van der Waals surface area contributed by atoms with E-state index in [2.05, 4.69) is 11.8 Å². The third-order valence-electron chi connectivity index (χ3n) is 3.08. The highest BCUT2D eigenvalue weighted by atomic mass is 16.5. The summed E-state index contributed by atoms with van der Waals surface area (Å²) in [5.41, 5.74) is -1.23. The normalized spacial score (nSPS) is 32.3. The van der Waals surface area contributed by atoms with E-state index in [1.165, 1.54) is 0 Å². The van der Waals surface area contributed by atoms with Crippen molar-refractivity contribution in [1.29, 1.82) is 0 Å². The SMILES string of the molecule is CO[C@@H]1CCN(C[C@](C)(O)C=O)[C@H](C)C1. The van der Waals surface area contributed by atoms with Gasteiger partial charge in [0.05, 0.1) is 6.10 Å². The molecule has 0 unspecified atom stereocenters. The van der Waals surface area contributed by atoms with Crippen LogP contribution in [0.25, 0.3) is 0 Å². The molecule has 0 aliphatic carbocycles. The average Bonchev–Trinajstić information content (AvgIpc) is 2.21. The van der Waals surface area contributed by atoms with Gasteiger partial charge in [-0.2, -0.15) is 0 Å². The van der Waals surface area contributed by atoms with Gasteiger partial charge in [-0.15, -0.1) is 0 Å². The molecule has 0 aromatic carbocycles. The van der Waals surface area contributed by atoms with E-state index >= 15 is 0 Å². The summed E-state index contributed by atoms with van der Waals surface area (Å²) in [6.45, 7) is 4.94. The van der Waals surface area contributed by atoms with Gasteiger partial charge in [-0.1, -0.05) is 0 Å². The lowest BCUT2D eigenvalue weighted by Gasteiger charge is -2.39. The van der Waals surface area contributed by atoms with Crippen LogP contribution in [0, 0.1) is 0 Å². The van der Waals surface area contributed by atoms with Crippen molar-refractivity contribution in [3.8, 4) is 0 Å². The number of piperidine rings is 1. The van der Waals surface area contributed by atoms with Gasteiger partial charge in [0.15, 0.2) is 6.29 Å². The van der Waals surface area contributed by atoms with Crippen molar-refractivity contribution >= 4 is 6.29 Å². The second-order valence-electron chi connectivity index (χ2n) is 4.68. The lowest BCUT2D eigenvalue weighted by molar-refractivity contribution is -0.125. The Morgan fingerprint density at radius 3 is 2.80 bits per heavy atom. The quantitative estimate of drug-likeness (QED) is 0.691. The first-order chi connectivity index (χ1) is 6.98. The molecule has 1 rings (SSSR count). The van der Waals surface area contributed by atoms with Gasteiger partial charge in [0.25, 0.3) is 0 Å². The Hall–Kier alpha value is -0.450. The van der Waals surface area contributed by atoms with Gasteiger partial charge < -0.3 is 14.6 Å². The van der Waals surface area contributed by atoms with Gasteiger partial charge in [0, 0.05) is 26.2 Å². The number of carbonyl (C=O) groups excluding carboxylic acids is 1. The number of nitrogens with zero attached hydrogens (tertiary/aromatic N) is 1. The van der Waals surface area contributed by atoms with E-state index in [1.807, 2.05) is 0 Å². The summed E-state index contributed by atoms with van der Waals surface area (Å²) in [4.78, 5) is 12.8. The molecule has 1 fully saturated rings. The summed E-state index contributed by atoms with van der Waals surface area (Å²) in [7, 11) is 1.73. The van der Waals surface area contributed by atoms with E-state index in [4.69, 9.17) is 4.74 Å². The van der Waals surface area contributed by atoms with Crippen LogP contribution in [-0.2, 0) is 9.53 Å². The standard InChI is InChI=1S/C11H21NO3/c1-9-6-10(15-3)4-5-12(9)7-11(2,14)8-13/h8-10,14H,4-7H2,1-3H3/t9-,10-,11+/m1/s1. The number of hydrogen-bond acceptors (Lipinski definition) is 4. The van der Waals surface area contributed by atoms with Crippen molar-refractivity contribution in [2.24, 2.45) is 0 Å². The molecule has 88 valence electrons. The Kier molecular flexibility index (Phi) is 4.25. The molecule has 0 amide bonds. The summed E-state index contributed by atoms with van der Waals surface area (Å²) in [5, 5.41) is 9.68. The van der Waals surface area contributed by atoms with Crippen molar-refractivity contribution in [2.75, 3.05) is 20.2 Å². The first-order valence-corrected chi connectivity index (χ1v) is 5.44. The number of likely N-dealkylation sites (tertiary alicyclic amines) is 1. The molecule has 0 spiro atoms. The fraction of sp³-hybridized carbons (Fsp3) is 0.909. The van der Waals surface area contributed by atoms with Crippen LogP contribution in [0.2, 0.25) is 0 Å². The molecule has 0 radical (unpaired) electrons. The monoisotopic (exact) mass is 215 g/mol. The van der Waals surface area contributed by atoms with Crippen molar-refractivity contribution in [3.63, 3.8) is 0 Å². The van der Waals surface area contributed by atoms with E-state index in [0.717, 1.165) is 19.4 Å². The van der Waals surface area contributed by atoms with E-state index < -0.39 is 5.60 Å². The molecule has 1 heterocycles. The predicted molar refractivity (Wildman–Crippen MR) is 57.8 cm³/mol. The van der Waals surface area contributed by atoms with Gasteiger partial charge in [-0.05, 0) is 26.7 Å². The highest BCUT2D eigenvalue weighted by molar-refractivity contribution is 5.61. The van der Waals surface area contributed by atoms with Crippen molar-refractivity contribution in [2.45, 2.75) is 44.4 Å². The molecule has 4 nitrogen and oxygen atoms in total. The van der Waals surface area contributed by atoms with Crippen LogP contribution in [-0.4, -0.2) is 54.2 Å². The molecule has 15 heavy (non-hydrogen) atoms. The smallest absolute Gasteiger partial charge is 0.152 e. The number of aldehydes is 1. The van der Waals surface area contributed by atoms with Crippen LogP contribution in [0.1, 0.15) is 26.7 Å². The van der Waals surface area contributed by atoms with Gasteiger partial charge in [0.1, 0.15) is 5.60 Å². The minimum atomic E-state index is -1.23. The Labute approximate surface area is 91.2 Å². The lowest BCUT2D eigenvalue weighted by atomic mass is 9.98. The number of ether oxygens (including phenoxy) is 1. The Morgan fingerprint density at radius 1 is 1.67 bits per heavy atom.